The van der Waals surface area contributed by atoms with Gasteiger partial charge in [0.2, 0.25) is 0 Å². The largest absolute Gasteiger partial charge is 0.497 e. The number of hydrogen-bond donors (Lipinski definition) is 2. The van der Waals surface area contributed by atoms with E-state index >= 15 is 0 Å². The summed E-state index contributed by atoms with van der Waals surface area (Å²) in [5.41, 5.74) is 2.45. The number of nitrogens with one attached hydrogen (secondary N) is 2. The number of methoxy groups -OCH3 is 1. The van der Waals surface area contributed by atoms with Crippen LogP contribution < -0.4 is 15.4 Å². The smallest absolute Gasteiger partial charge is 0.443 e. The number of fused-ring (bicyclic) bond motifs is 1. The fraction of sp³-hybridized carbons (Fsp3) is 0.0909. The zero-order chi connectivity index (χ0) is 22.0. The SMILES string of the molecule is COc1ccc(C(=O)Nc2ccc(Nc3cccc4sc(C(F)(F)F)nc34)cc2)cc1. The highest BCUT2D eigenvalue weighted by molar-refractivity contribution is 7.18. The zero-order valence-corrected chi connectivity index (χ0v) is 17.0. The maximum Gasteiger partial charge on any atom is 0.443 e. The molecule has 0 spiro atoms. The second-order valence-electron chi connectivity index (χ2n) is 6.55. The molecule has 1 aromatic heterocycles. The van der Waals surface area contributed by atoms with Crippen LogP contribution in [0.1, 0.15) is 15.4 Å². The summed E-state index contributed by atoms with van der Waals surface area (Å²) in [5.74, 6) is 0.389. The number of para-hydroxylation sites is 1. The fourth-order valence-corrected chi connectivity index (χ4v) is 3.77. The Kier molecular flexibility index (Phi) is 5.51. The number of thiazole rings is 1. The molecule has 0 saturated carbocycles. The maximum absolute atomic E-state index is 13.0. The van der Waals surface area contributed by atoms with Crippen molar-refractivity contribution in [1.82, 2.24) is 4.98 Å². The molecule has 0 fully saturated rings. The monoisotopic (exact) mass is 443 g/mol. The molecular weight excluding hydrogens is 427 g/mol. The predicted octanol–water partition coefficient (Wildman–Crippen LogP) is 6.32. The molecule has 158 valence electrons. The first-order valence-corrected chi connectivity index (χ1v) is 9.94. The van der Waals surface area contributed by atoms with Crippen LogP contribution in [0.4, 0.5) is 30.2 Å². The van der Waals surface area contributed by atoms with Gasteiger partial charge in [-0.2, -0.15) is 13.2 Å². The minimum absolute atomic E-state index is 0.261. The Morgan fingerprint density at radius 3 is 2.29 bits per heavy atom. The number of alkyl halides is 3. The van der Waals surface area contributed by atoms with E-state index in [0.29, 0.717) is 44.4 Å². The van der Waals surface area contributed by atoms with Crippen molar-refractivity contribution in [2.75, 3.05) is 17.7 Å². The Bertz CT molecular complexity index is 1220. The molecular formula is C22H16F3N3O2S. The first-order valence-electron chi connectivity index (χ1n) is 9.13. The summed E-state index contributed by atoms with van der Waals surface area (Å²) in [7, 11) is 1.55. The van der Waals surface area contributed by atoms with Gasteiger partial charge in [0.05, 0.1) is 17.5 Å². The van der Waals surface area contributed by atoms with Gasteiger partial charge in [-0.3, -0.25) is 4.79 Å². The van der Waals surface area contributed by atoms with Crippen LogP contribution in [0, 0.1) is 0 Å². The molecule has 1 amide bonds. The number of aromatic nitrogens is 1. The van der Waals surface area contributed by atoms with Crippen molar-refractivity contribution >= 4 is 44.5 Å². The zero-order valence-electron chi connectivity index (χ0n) is 16.2. The lowest BCUT2D eigenvalue weighted by Gasteiger charge is -2.09. The topological polar surface area (TPSA) is 63.2 Å². The molecule has 5 nitrogen and oxygen atoms in total. The van der Waals surface area contributed by atoms with E-state index < -0.39 is 11.2 Å². The van der Waals surface area contributed by atoms with Gasteiger partial charge in [0.1, 0.15) is 11.3 Å². The molecule has 2 N–H and O–H groups in total. The minimum atomic E-state index is -4.48. The summed E-state index contributed by atoms with van der Waals surface area (Å²) in [4.78, 5) is 16.1. The van der Waals surface area contributed by atoms with Crippen molar-refractivity contribution in [3.05, 3.63) is 77.3 Å². The molecule has 9 heteroatoms. The summed E-state index contributed by atoms with van der Waals surface area (Å²) >= 11 is 0.607. The van der Waals surface area contributed by atoms with Gasteiger partial charge < -0.3 is 15.4 Å². The first-order chi connectivity index (χ1) is 14.8. The molecule has 0 aliphatic heterocycles. The van der Waals surface area contributed by atoms with Crippen LogP contribution >= 0.6 is 11.3 Å². The first kappa shape index (κ1) is 20.7. The number of benzene rings is 3. The molecule has 0 atom stereocenters. The lowest BCUT2D eigenvalue weighted by Crippen LogP contribution is -2.11. The molecule has 3 aromatic carbocycles. The third-order valence-corrected chi connectivity index (χ3v) is 5.50. The van der Waals surface area contributed by atoms with E-state index in [9.17, 15) is 18.0 Å². The standard InChI is InChI=1S/C22H16F3N3O2S/c1-30-16-11-5-13(6-12-16)20(29)27-15-9-7-14(8-10-15)26-17-3-2-4-18-19(17)28-21(31-18)22(23,24)25/h2-12,26H,1H3,(H,27,29). The number of nitrogens with zero attached hydrogens (tertiary/aromatic N) is 1. The molecule has 0 saturated heterocycles. The molecule has 4 aromatic rings. The van der Waals surface area contributed by atoms with Crippen LogP contribution in [0.2, 0.25) is 0 Å². The van der Waals surface area contributed by atoms with Gasteiger partial charge in [0, 0.05) is 16.9 Å². The highest BCUT2D eigenvalue weighted by Gasteiger charge is 2.35. The van der Waals surface area contributed by atoms with E-state index in [-0.39, 0.29) is 11.4 Å². The average Bonchev–Trinajstić information content (AvgIpc) is 3.21. The minimum Gasteiger partial charge on any atom is -0.497 e. The van der Waals surface area contributed by atoms with Crippen molar-refractivity contribution in [3.63, 3.8) is 0 Å². The number of amides is 1. The summed E-state index contributed by atoms with van der Waals surface area (Å²) in [6.45, 7) is 0. The van der Waals surface area contributed by atoms with Crippen molar-refractivity contribution in [3.8, 4) is 5.75 Å². The third kappa shape index (κ3) is 4.61. The van der Waals surface area contributed by atoms with Crippen molar-refractivity contribution in [2.45, 2.75) is 6.18 Å². The van der Waals surface area contributed by atoms with Gasteiger partial charge in [-0.1, -0.05) is 6.07 Å². The number of anilines is 3. The normalized spacial score (nSPS) is 11.4. The Labute approximate surface area is 179 Å². The summed E-state index contributed by atoms with van der Waals surface area (Å²) in [6, 6.07) is 18.5. The van der Waals surface area contributed by atoms with Crippen LogP contribution in [0.5, 0.6) is 5.75 Å². The Morgan fingerprint density at radius 2 is 1.65 bits per heavy atom. The lowest BCUT2D eigenvalue weighted by atomic mass is 10.2. The summed E-state index contributed by atoms with van der Waals surface area (Å²) < 4.78 is 44.5. The summed E-state index contributed by atoms with van der Waals surface area (Å²) in [5, 5.41) is 5.00. The fourth-order valence-electron chi connectivity index (χ4n) is 2.91. The second kappa shape index (κ2) is 8.27. The number of rotatable bonds is 5. The van der Waals surface area contributed by atoms with Gasteiger partial charge in [-0.05, 0) is 60.7 Å². The van der Waals surface area contributed by atoms with Gasteiger partial charge in [-0.25, -0.2) is 4.98 Å². The molecule has 4 rings (SSSR count). The Morgan fingerprint density at radius 1 is 0.968 bits per heavy atom. The van der Waals surface area contributed by atoms with E-state index in [1.165, 1.54) is 0 Å². The van der Waals surface area contributed by atoms with Crippen LogP contribution in [0.25, 0.3) is 10.2 Å². The van der Waals surface area contributed by atoms with Crippen molar-refractivity contribution in [1.29, 1.82) is 0 Å². The number of hydrogen-bond acceptors (Lipinski definition) is 5. The number of carbonyl (C=O) groups excluding carboxylic acids is 1. The van der Waals surface area contributed by atoms with E-state index in [0.717, 1.165) is 0 Å². The van der Waals surface area contributed by atoms with E-state index in [2.05, 4.69) is 15.6 Å². The van der Waals surface area contributed by atoms with Crippen LogP contribution in [0.3, 0.4) is 0 Å². The molecule has 0 aliphatic carbocycles. The van der Waals surface area contributed by atoms with Crippen molar-refractivity contribution in [2.24, 2.45) is 0 Å². The van der Waals surface area contributed by atoms with Crippen LogP contribution in [0.15, 0.2) is 66.7 Å². The van der Waals surface area contributed by atoms with Gasteiger partial charge in [0.25, 0.3) is 5.91 Å². The summed E-state index contributed by atoms with van der Waals surface area (Å²) in [6.07, 6.45) is -4.48. The highest BCUT2D eigenvalue weighted by Crippen LogP contribution is 2.38. The van der Waals surface area contributed by atoms with Gasteiger partial charge in [-0.15, -0.1) is 11.3 Å². The predicted molar refractivity (Wildman–Crippen MR) is 115 cm³/mol. The van der Waals surface area contributed by atoms with E-state index in [1.54, 1.807) is 73.8 Å². The molecule has 1 heterocycles. The third-order valence-electron chi connectivity index (χ3n) is 4.44. The Balaban J connectivity index is 1.48. The molecule has 0 aliphatic rings. The Hall–Kier alpha value is -3.59. The number of carbonyl (C=O) groups is 1. The van der Waals surface area contributed by atoms with Crippen molar-refractivity contribution < 1.29 is 22.7 Å². The van der Waals surface area contributed by atoms with Gasteiger partial charge >= 0.3 is 6.18 Å². The molecule has 0 radical (unpaired) electrons. The van der Waals surface area contributed by atoms with Crippen LogP contribution in [-0.2, 0) is 6.18 Å². The highest BCUT2D eigenvalue weighted by atomic mass is 32.1. The maximum atomic E-state index is 13.0. The molecule has 31 heavy (non-hydrogen) atoms. The van der Waals surface area contributed by atoms with E-state index in [1.807, 2.05) is 0 Å². The second-order valence-corrected chi connectivity index (χ2v) is 7.58. The lowest BCUT2D eigenvalue weighted by molar-refractivity contribution is -0.137. The van der Waals surface area contributed by atoms with E-state index in [4.69, 9.17) is 4.74 Å². The van der Waals surface area contributed by atoms with Gasteiger partial charge in [0.15, 0.2) is 5.01 Å². The quantitative estimate of drug-likeness (QED) is 0.379. The molecule has 0 unspecified atom stereocenters. The molecule has 0 bridgehead atoms. The number of halogens is 3. The number of ether oxygens (including phenoxy) is 1. The van der Waals surface area contributed by atoms with Crippen LogP contribution in [-0.4, -0.2) is 18.0 Å². The average molecular weight is 443 g/mol.